The van der Waals surface area contributed by atoms with Gasteiger partial charge in [-0.3, -0.25) is 9.97 Å². The molecule has 0 bridgehead atoms. The maximum Gasteiger partial charge on any atom is 0.248 e. The van der Waals surface area contributed by atoms with E-state index in [9.17, 15) is 17.2 Å². The monoisotopic (exact) mass is 586 g/mol. The number of aromatic nitrogens is 6. The molecule has 1 aliphatic rings. The summed E-state index contributed by atoms with van der Waals surface area (Å²) >= 11 is 0. The Labute approximate surface area is 232 Å². The van der Waals surface area contributed by atoms with E-state index in [-0.39, 0.29) is 39.9 Å². The smallest absolute Gasteiger partial charge is 0.248 e. The van der Waals surface area contributed by atoms with E-state index in [1.165, 1.54) is 24.4 Å². The van der Waals surface area contributed by atoms with E-state index < -0.39 is 52.2 Å². The Kier molecular flexibility index (Phi) is 6.40. The molecule has 13 heteroatoms. The Balaban J connectivity index is 1.73. The van der Waals surface area contributed by atoms with Crippen molar-refractivity contribution in [3.05, 3.63) is 65.7 Å². The minimum Gasteiger partial charge on any atom is -0.329 e. The molecule has 0 N–H and O–H groups in total. The zero-order valence-electron chi connectivity index (χ0n) is 22.4. The van der Waals surface area contributed by atoms with Crippen LogP contribution in [0.4, 0.5) is 17.6 Å². The van der Waals surface area contributed by atoms with E-state index in [1.807, 2.05) is 0 Å². The number of rotatable bonds is 5. The van der Waals surface area contributed by atoms with Gasteiger partial charge < -0.3 is 4.57 Å². The van der Waals surface area contributed by atoms with Crippen molar-refractivity contribution in [1.29, 1.82) is 0 Å². The molecule has 41 heavy (non-hydrogen) atoms. The fourth-order valence-electron chi connectivity index (χ4n) is 6.00. The third-order valence-electron chi connectivity index (χ3n) is 7.92. The van der Waals surface area contributed by atoms with Crippen molar-refractivity contribution in [2.45, 2.75) is 49.5 Å². The van der Waals surface area contributed by atoms with Crippen LogP contribution in [0.5, 0.6) is 0 Å². The highest BCUT2D eigenvalue weighted by Gasteiger charge is 2.41. The number of aryl methyl sites for hydroxylation is 2. The molecule has 1 fully saturated rings. The molecule has 0 amide bonds. The summed E-state index contributed by atoms with van der Waals surface area (Å²) in [6.07, 6.45) is 3.24. The average Bonchev–Trinajstić information content (AvgIpc) is 3.41. The quantitative estimate of drug-likeness (QED) is 0.242. The van der Waals surface area contributed by atoms with Crippen LogP contribution in [-0.4, -0.2) is 50.1 Å². The highest BCUT2D eigenvalue weighted by atomic mass is 32.2. The van der Waals surface area contributed by atoms with Gasteiger partial charge in [0.2, 0.25) is 5.92 Å². The summed E-state index contributed by atoms with van der Waals surface area (Å²) in [5.74, 6) is -4.83. The lowest BCUT2D eigenvalue weighted by molar-refractivity contribution is -0.0495. The maximum absolute atomic E-state index is 15.8. The molecular weight excluding hydrogens is 560 g/mol. The van der Waals surface area contributed by atoms with Crippen molar-refractivity contribution < 1.29 is 26.0 Å². The lowest BCUT2D eigenvalue weighted by Gasteiger charge is -2.35. The minimum atomic E-state index is -3.85. The number of halogens is 4. The molecule has 1 saturated carbocycles. The number of alkyl halides is 2. The van der Waals surface area contributed by atoms with Crippen molar-refractivity contribution in [3.8, 4) is 11.3 Å². The first kappa shape index (κ1) is 27.3. The zero-order valence-corrected chi connectivity index (χ0v) is 23.3. The van der Waals surface area contributed by atoms with Gasteiger partial charge in [0.1, 0.15) is 11.6 Å². The molecule has 8 nitrogen and oxygen atoms in total. The number of pyridine rings is 2. The van der Waals surface area contributed by atoms with Crippen LogP contribution in [0.3, 0.4) is 0 Å². The topological polar surface area (TPSA) is 95.6 Å². The van der Waals surface area contributed by atoms with Crippen LogP contribution >= 0.6 is 0 Å². The first-order valence-corrected chi connectivity index (χ1v) is 14.9. The standard InChI is InChI=1S/C28H26F4N6O2S/c1-15-26(37(2)36-35-15)17-11-22-25(34-14-17)23-20(30)12-18(41(3,39)40)13-21(23)38(22)27(24-19(29)5-4-10-33-24)16-6-8-28(31,32)9-7-16/h4-5,10-14,16,27H,6-9H2,1-3H3. The maximum atomic E-state index is 15.8. The van der Waals surface area contributed by atoms with Gasteiger partial charge in [0.05, 0.1) is 50.0 Å². The largest absolute Gasteiger partial charge is 0.329 e. The lowest BCUT2D eigenvalue weighted by atomic mass is 9.80. The Hall–Kier alpha value is -3.87. The summed E-state index contributed by atoms with van der Waals surface area (Å²) in [6.45, 7) is 1.77. The molecule has 6 rings (SSSR count). The summed E-state index contributed by atoms with van der Waals surface area (Å²) in [6, 6.07) is 5.71. The summed E-state index contributed by atoms with van der Waals surface area (Å²) in [7, 11) is -2.14. The fourth-order valence-corrected chi connectivity index (χ4v) is 6.64. The highest BCUT2D eigenvalue weighted by molar-refractivity contribution is 7.90. The molecule has 0 saturated heterocycles. The normalized spacial score (nSPS) is 17.0. The Morgan fingerprint density at radius 3 is 2.41 bits per heavy atom. The predicted molar refractivity (Wildman–Crippen MR) is 144 cm³/mol. The van der Waals surface area contributed by atoms with Crippen LogP contribution in [0.1, 0.15) is 43.1 Å². The number of hydrogen-bond donors (Lipinski definition) is 0. The lowest BCUT2D eigenvalue weighted by Crippen LogP contribution is -2.31. The summed E-state index contributed by atoms with van der Waals surface area (Å²) < 4.78 is 88.0. The van der Waals surface area contributed by atoms with E-state index in [4.69, 9.17) is 0 Å². The first-order valence-electron chi connectivity index (χ1n) is 13.0. The average molecular weight is 587 g/mol. The molecule has 0 radical (unpaired) electrons. The third kappa shape index (κ3) is 4.65. The number of hydrogen-bond acceptors (Lipinski definition) is 6. The van der Waals surface area contributed by atoms with Gasteiger partial charge in [0, 0.05) is 44.1 Å². The van der Waals surface area contributed by atoms with Gasteiger partial charge in [-0.2, -0.15) is 0 Å². The van der Waals surface area contributed by atoms with Gasteiger partial charge in [0.25, 0.3) is 0 Å². The number of benzene rings is 1. The van der Waals surface area contributed by atoms with Crippen molar-refractivity contribution in [1.82, 2.24) is 29.5 Å². The number of fused-ring (bicyclic) bond motifs is 3. The molecule has 5 aromatic rings. The van der Waals surface area contributed by atoms with Crippen LogP contribution in [-0.2, 0) is 16.9 Å². The molecule has 4 aromatic heterocycles. The SMILES string of the molecule is Cc1nnn(C)c1-c1cnc2c3c(F)cc(S(C)(=O)=O)cc3n(C(c3ncccc3F)C3CCC(F)(F)CC3)c2c1. The molecule has 1 aromatic carbocycles. The minimum absolute atomic E-state index is 0.00420. The first-order chi connectivity index (χ1) is 19.4. The number of sulfone groups is 1. The van der Waals surface area contributed by atoms with E-state index in [2.05, 4.69) is 20.3 Å². The second-order valence-corrected chi connectivity index (χ2v) is 12.7. The molecule has 1 atom stereocenters. The van der Waals surface area contributed by atoms with Crippen LogP contribution in [0, 0.1) is 24.5 Å². The van der Waals surface area contributed by atoms with Crippen LogP contribution in [0.15, 0.2) is 47.6 Å². The summed E-state index contributed by atoms with van der Waals surface area (Å²) in [5, 5.41) is 8.18. The van der Waals surface area contributed by atoms with Crippen molar-refractivity contribution in [2.75, 3.05) is 6.26 Å². The molecular formula is C28H26F4N6O2S. The zero-order chi connectivity index (χ0) is 29.3. The molecule has 214 valence electrons. The van der Waals surface area contributed by atoms with Crippen LogP contribution in [0.25, 0.3) is 33.2 Å². The fraction of sp³-hybridized carbons (Fsp3) is 0.357. The van der Waals surface area contributed by atoms with Gasteiger partial charge in [0.15, 0.2) is 9.84 Å². The molecule has 0 aliphatic heterocycles. The number of nitrogens with zero attached hydrogens (tertiary/aromatic N) is 6. The van der Waals surface area contributed by atoms with Gasteiger partial charge in [-0.25, -0.2) is 30.7 Å². The van der Waals surface area contributed by atoms with Gasteiger partial charge in [-0.1, -0.05) is 5.21 Å². The third-order valence-corrected chi connectivity index (χ3v) is 9.01. The van der Waals surface area contributed by atoms with Crippen molar-refractivity contribution in [3.63, 3.8) is 0 Å². The van der Waals surface area contributed by atoms with Crippen LogP contribution in [0.2, 0.25) is 0 Å². The molecule has 4 heterocycles. The van der Waals surface area contributed by atoms with Gasteiger partial charge in [-0.05, 0) is 56.0 Å². The van der Waals surface area contributed by atoms with E-state index in [1.54, 1.807) is 35.5 Å². The Bertz CT molecular complexity index is 1910. The van der Waals surface area contributed by atoms with E-state index in [0.717, 1.165) is 12.3 Å². The van der Waals surface area contributed by atoms with Crippen molar-refractivity contribution in [2.24, 2.45) is 13.0 Å². The van der Waals surface area contributed by atoms with E-state index >= 15 is 8.78 Å². The Morgan fingerprint density at radius 1 is 1.05 bits per heavy atom. The van der Waals surface area contributed by atoms with Gasteiger partial charge in [-0.15, -0.1) is 5.10 Å². The molecule has 0 spiro atoms. The second kappa shape index (κ2) is 9.61. The van der Waals surface area contributed by atoms with E-state index in [0.29, 0.717) is 22.5 Å². The molecule has 1 aliphatic carbocycles. The van der Waals surface area contributed by atoms with Gasteiger partial charge >= 0.3 is 0 Å². The predicted octanol–water partition coefficient (Wildman–Crippen LogP) is 5.79. The van der Waals surface area contributed by atoms with Crippen LogP contribution < -0.4 is 0 Å². The Morgan fingerprint density at radius 2 is 1.78 bits per heavy atom. The second-order valence-electron chi connectivity index (χ2n) is 10.7. The summed E-state index contributed by atoms with van der Waals surface area (Å²) in [5.41, 5.74) is 2.58. The van der Waals surface area contributed by atoms with Crippen molar-refractivity contribution >= 4 is 31.8 Å². The summed E-state index contributed by atoms with van der Waals surface area (Å²) in [4.78, 5) is 8.62. The molecule has 1 unspecified atom stereocenters. The highest BCUT2D eigenvalue weighted by Crippen LogP contribution is 2.46.